The van der Waals surface area contributed by atoms with Crippen molar-refractivity contribution in [2.24, 2.45) is 0 Å². The van der Waals surface area contributed by atoms with Crippen LogP contribution in [0.5, 0.6) is 5.75 Å². The van der Waals surface area contributed by atoms with Gasteiger partial charge in [-0.25, -0.2) is 4.39 Å². The molecule has 0 radical (unpaired) electrons. The van der Waals surface area contributed by atoms with Crippen LogP contribution in [0.1, 0.15) is 30.9 Å². The molecule has 1 aliphatic rings. The number of rotatable bonds is 5. The molecule has 7 heteroatoms. The van der Waals surface area contributed by atoms with Crippen molar-refractivity contribution in [3.63, 3.8) is 0 Å². The van der Waals surface area contributed by atoms with Crippen LogP contribution in [0.15, 0.2) is 64.1 Å². The molecule has 4 heterocycles. The minimum atomic E-state index is -0.400. The number of pyridine rings is 2. The third-order valence-corrected chi connectivity index (χ3v) is 5.92. The lowest BCUT2D eigenvalue weighted by Gasteiger charge is -2.29. The molecule has 0 spiro atoms. The average Bonchev–Trinajstić information content (AvgIpc) is 3.15. The summed E-state index contributed by atoms with van der Waals surface area (Å²) in [6.45, 7) is 6.45. The lowest BCUT2D eigenvalue weighted by atomic mass is 10.0. The molecule has 1 aliphatic heterocycles. The van der Waals surface area contributed by atoms with E-state index in [4.69, 9.17) is 9.15 Å². The van der Waals surface area contributed by atoms with Gasteiger partial charge in [-0.05, 0) is 44.2 Å². The van der Waals surface area contributed by atoms with Gasteiger partial charge in [-0.2, -0.15) is 0 Å². The quantitative estimate of drug-likeness (QED) is 0.465. The Morgan fingerprint density at radius 1 is 1.19 bits per heavy atom. The van der Waals surface area contributed by atoms with Crippen LogP contribution >= 0.6 is 0 Å². The van der Waals surface area contributed by atoms with E-state index < -0.39 is 5.82 Å². The Labute approximate surface area is 184 Å². The Morgan fingerprint density at radius 2 is 2.06 bits per heavy atom. The summed E-state index contributed by atoms with van der Waals surface area (Å²) < 4.78 is 26.3. The first-order valence-electron chi connectivity index (χ1n) is 10.7. The van der Waals surface area contributed by atoms with Gasteiger partial charge in [0.1, 0.15) is 29.5 Å². The van der Waals surface area contributed by atoms with Gasteiger partial charge in [0.15, 0.2) is 0 Å². The molecule has 6 nitrogen and oxygen atoms in total. The zero-order valence-electron chi connectivity index (χ0n) is 18.0. The molecular weight excluding hydrogens is 409 g/mol. The normalized spacial score (nSPS) is 14.1. The number of ether oxygens (including phenoxy) is 1. The van der Waals surface area contributed by atoms with Gasteiger partial charge in [-0.1, -0.05) is 0 Å². The SMILES string of the molecule is CC(C)N1CCc2oc3cc(-n4ccc(OCc5ccc(F)cn5)cc4=O)ccc3c2C1. The monoisotopic (exact) mass is 433 g/mol. The molecule has 3 aromatic heterocycles. The minimum absolute atomic E-state index is 0.154. The Kier molecular flexibility index (Phi) is 5.27. The second-order valence-electron chi connectivity index (χ2n) is 8.33. The Bertz CT molecular complexity index is 1320. The van der Waals surface area contributed by atoms with E-state index in [-0.39, 0.29) is 12.2 Å². The third kappa shape index (κ3) is 3.91. The van der Waals surface area contributed by atoms with E-state index in [1.54, 1.807) is 22.9 Å². The number of nitrogens with zero attached hydrogens (tertiary/aromatic N) is 3. The second kappa shape index (κ2) is 8.24. The lowest BCUT2D eigenvalue weighted by molar-refractivity contribution is 0.196. The highest BCUT2D eigenvalue weighted by Gasteiger charge is 2.24. The summed E-state index contributed by atoms with van der Waals surface area (Å²) in [5, 5.41) is 1.11. The van der Waals surface area contributed by atoms with Crippen LogP contribution in [-0.4, -0.2) is 27.0 Å². The number of benzene rings is 1. The largest absolute Gasteiger partial charge is 0.487 e. The van der Waals surface area contributed by atoms with Crippen molar-refractivity contribution < 1.29 is 13.5 Å². The highest BCUT2D eigenvalue weighted by Crippen LogP contribution is 2.32. The molecule has 0 N–H and O–H groups in total. The van der Waals surface area contributed by atoms with Gasteiger partial charge >= 0.3 is 0 Å². The van der Waals surface area contributed by atoms with Crippen LogP contribution in [0.3, 0.4) is 0 Å². The summed E-state index contributed by atoms with van der Waals surface area (Å²) in [6.07, 6.45) is 3.71. The van der Waals surface area contributed by atoms with Crippen molar-refractivity contribution in [1.82, 2.24) is 14.5 Å². The first-order valence-corrected chi connectivity index (χ1v) is 10.7. The molecule has 4 aromatic rings. The number of furan rings is 1. The van der Waals surface area contributed by atoms with Crippen molar-refractivity contribution in [3.05, 3.63) is 88.0 Å². The van der Waals surface area contributed by atoms with Gasteiger partial charge in [0.2, 0.25) is 0 Å². The molecule has 0 saturated heterocycles. The average molecular weight is 433 g/mol. The Balaban J connectivity index is 1.38. The van der Waals surface area contributed by atoms with Crippen LogP contribution in [0.4, 0.5) is 4.39 Å². The number of fused-ring (bicyclic) bond motifs is 3. The molecule has 0 aliphatic carbocycles. The molecule has 164 valence electrons. The van der Waals surface area contributed by atoms with Crippen LogP contribution in [0, 0.1) is 5.82 Å². The minimum Gasteiger partial charge on any atom is -0.487 e. The topological polar surface area (TPSA) is 60.5 Å². The van der Waals surface area contributed by atoms with E-state index in [2.05, 4.69) is 23.7 Å². The van der Waals surface area contributed by atoms with E-state index in [0.717, 1.165) is 48.1 Å². The van der Waals surface area contributed by atoms with Gasteiger partial charge in [0, 0.05) is 54.8 Å². The molecule has 0 fully saturated rings. The van der Waals surface area contributed by atoms with Crippen LogP contribution in [-0.2, 0) is 19.6 Å². The molecule has 0 atom stereocenters. The molecule has 0 amide bonds. The van der Waals surface area contributed by atoms with Crippen molar-refractivity contribution >= 4 is 11.0 Å². The zero-order chi connectivity index (χ0) is 22.2. The van der Waals surface area contributed by atoms with Crippen molar-refractivity contribution in [1.29, 1.82) is 0 Å². The Morgan fingerprint density at radius 3 is 2.81 bits per heavy atom. The summed E-state index contributed by atoms with van der Waals surface area (Å²) in [5.74, 6) is 1.07. The predicted molar refractivity (Wildman–Crippen MR) is 120 cm³/mol. The lowest BCUT2D eigenvalue weighted by Crippen LogP contribution is -2.35. The summed E-state index contributed by atoms with van der Waals surface area (Å²) in [5.41, 5.74) is 3.15. The van der Waals surface area contributed by atoms with Gasteiger partial charge in [0.05, 0.1) is 17.6 Å². The van der Waals surface area contributed by atoms with Crippen LogP contribution < -0.4 is 10.3 Å². The van der Waals surface area contributed by atoms with Crippen LogP contribution in [0.2, 0.25) is 0 Å². The van der Waals surface area contributed by atoms with Crippen molar-refractivity contribution in [2.45, 2.75) is 39.5 Å². The highest BCUT2D eigenvalue weighted by molar-refractivity contribution is 5.84. The number of halogens is 1. The fraction of sp³-hybridized carbons (Fsp3) is 0.280. The maximum absolute atomic E-state index is 13.0. The summed E-state index contributed by atoms with van der Waals surface area (Å²) in [6, 6.07) is 12.4. The van der Waals surface area contributed by atoms with Crippen molar-refractivity contribution in [2.75, 3.05) is 6.54 Å². The molecular formula is C25H24FN3O3. The summed E-state index contributed by atoms with van der Waals surface area (Å²) in [4.78, 5) is 19.1. The zero-order valence-corrected chi connectivity index (χ0v) is 18.0. The third-order valence-electron chi connectivity index (χ3n) is 5.92. The molecule has 0 saturated carbocycles. The predicted octanol–water partition coefficient (Wildman–Crippen LogP) is 4.46. The van der Waals surface area contributed by atoms with E-state index >= 15 is 0 Å². The van der Waals surface area contributed by atoms with Gasteiger partial charge in [0.25, 0.3) is 5.56 Å². The smallest absolute Gasteiger partial charge is 0.258 e. The van der Waals surface area contributed by atoms with Gasteiger partial charge in [-0.3, -0.25) is 19.2 Å². The first-order chi connectivity index (χ1) is 15.5. The molecule has 0 bridgehead atoms. The van der Waals surface area contributed by atoms with E-state index in [1.807, 2.05) is 18.2 Å². The number of hydrogen-bond acceptors (Lipinski definition) is 5. The molecule has 1 aromatic carbocycles. The maximum atomic E-state index is 13.0. The summed E-state index contributed by atoms with van der Waals surface area (Å²) in [7, 11) is 0. The summed E-state index contributed by atoms with van der Waals surface area (Å²) >= 11 is 0. The Hall–Kier alpha value is -3.45. The van der Waals surface area contributed by atoms with Crippen molar-refractivity contribution in [3.8, 4) is 11.4 Å². The van der Waals surface area contributed by atoms with Gasteiger partial charge < -0.3 is 9.15 Å². The molecule has 32 heavy (non-hydrogen) atoms. The number of aromatic nitrogens is 2. The fourth-order valence-corrected chi connectivity index (χ4v) is 4.10. The van der Waals surface area contributed by atoms with E-state index in [9.17, 15) is 9.18 Å². The standard InChI is InChI=1S/C25H24FN3O3/c1-16(2)28-9-8-23-22(14-28)21-6-5-19(11-24(21)32-23)29-10-7-20(12-25(29)30)31-15-18-4-3-17(26)13-27-18/h3-7,10-13,16H,8-9,14-15H2,1-2H3. The maximum Gasteiger partial charge on any atom is 0.258 e. The first kappa shape index (κ1) is 20.5. The molecule has 0 unspecified atom stereocenters. The fourth-order valence-electron chi connectivity index (χ4n) is 4.10. The molecule has 5 rings (SSSR count). The highest BCUT2D eigenvalue weighted by atomic mass is 19.1. The van der Waals surface area contributed by atoms with E-state index in [0.29, 0.717) is 17.5 Å². The number of hydrogen-bond donors (Lipinski definition) is 0. The van der Waals surface area contributed by atoms with Crippen LogP contribution in [0.25, 0.3) is 16.7 Å². The van der Waals surface area contributed by atoms with Gasteiger partial charge in [-0.15, -0.1) is 0 Å². The second-order valence-corrected chi connectivity index (χ2v) is 8.33. The van der Waals surface area contributed by atoms with E-state index in [1.165, 1.54) is 17.7 Å².